The summed E-state index contributed by atoms with van der Waals surface area (Å²) < 4.78 is 70.8. The third-order valence-corrected chi connectivity index (χ3v) is 5.51. The predicted molar refractivity (Wildman–Crippen MR) is 103 cm³/mol. The monoisotopic (exact) mass is 422 g/mol. The Kier molecular flexibility index (Phi) is 5.52. The highest BCUT2D eigenvalue weighted by Gasteiger charge is 2.30. The highest BCUT2D eigenvalue weighted by molar-refractivity contribution is 7.92. The third-order valence-electron chi connectivity index (χ3n) is 4.16. The van der Waals surface area contributed by atoms with Gasteiger partial charge in [0.05, 0.1) is 17.6 Å². The van der Waals surface area contributed by atoms with Crippen molar-refractivity contribution in [2.75, 3.05) is 11.8 Å². The van der Waals surface area contributed by atoms with E-state index in [2.05, 4.69) is 9.71 Å². The lowest BCUT2D eigenvalue weighted by Crippen LogP contribution is -2.15. The lowest BCUT2D eigenvalue weighted by molar-refractivity contribution is -0.137. The Labute approximate surface area is 166 Å². The summed E-state index contributed by atoms with van der Waals surface area (Å²) in [6.07, 6.45) is -4.41. The Morgan fingerprint density at radius 2 is 1.45 bits per heavy atom. The Morgan fingerprint density at radius 1 is 0.897 bits per heavy atom. The van der Waals surface area contributed by atoms with Gasteiger partial charge in [0.1, 0.15) is 0 Å². The summed E-state index contributed by atoms with van der Waals surface area (Å²) in [5.74, 6) is 0.347. The molecule has 0 aliphatic heterocycles. The van der Waals surface area contributed by atoms with E-state index in [9.17, 15) is 21.6 Å². The second-order valence-electron chi connectivity index (χ2n) is 6.21. The van der Waals surface area contributed by atoms with Crippen LogP contribution in [0.2, 0.25) is 0 Å². The topological polar surface area (TPSA) is 68.3 Å². The van der Waals surface area contributed by atoms with Crippen LogP contribution in [0.4, 0.5) is 19.0 Å². The van der Waals surface area contributed by atoms with Gasteiger partial charge in [-0.1, -0.05) is 24.3 Å². The number of aryl methyl sites for hydroxylation is 1. The molecule has 1 aromatic heterocycles. The molecule has 2 aromatic carbocycles. The first-order chi connectivity index (χ1) is 13.6. The molecule has 1 N–H and O–H groups in total. The predicted octanol–water partition coefficient (Wildman–Crippen LogP) is 4.89. The molecule has 29 heavy (non-hydrogen) atoms. The smallest absolute Gasteiger partial charge is 0.416 e. The van der Waals surface area contributed by atoms with Crippen LogP contribution >= 0.6 is 0 Å². The fraction of sp³-hybridized carbons (Fsp3) is 0.150. The molecular formula is C20H17F3N2O3S. The molecule has 0 bridgehead atoms. The summed E-state index contributed by atoms with van der Waals surface area (Å²) in [6, 6.07) is 13.7. The van der Waals surface area contributed by atoms with E-state index in [4.69, 9.17) is 4.74 Å². The fourth-order valence-electron chi connectivity index (χ4n) is 2.65. The summed E-state index contributed by atoms with van der Waals surface area (Å²) in [7, 11) is -2.52. The number of hydrogen-bond acceptors (Lipinski definition) is 4. The van der Waals surface area contributed by atoms with Crippen LogP contribution in [0.5, 0.6) is 5.75 Å². The first kappa shape index (κ1) is 20.7. The number of benzene rings is 2. The molecule has 3 rings (SSSR count). The Hall–Kier alpha value is -3.07. The quantitative estimate of drug-likeness (QED) is 0.636. The van der Waals surface area contributed by atoms with Crippen molar-refractivity contribution >= 4 is 15.8 Å². The number of ether oxygens (including phenoxy) is 1. The summed E-state index contributed by atoms with van der Waals surface area (Å²) in [5.41, 5.74) is 0.992. The van der Waals surface area contributed by atoms with Gasteiger partial charge >= 0.3 is 6.18 Å². The molecular weight excluding hydrogens is 405 g/mol. The van der Waals surface area contributed by atoms with Gasteiger partial charge in [0.2, 0.25) is 0 Å². The SMILES string of the molecule is COc1ccc(C)nc1NS(=O)(=O)c1ccc(-c2ccc(C(F)(F)F)cc2)cc1. The second-order valence-corrected chi connectivity index (χ2v) is 7.89. The van der Waals surface area contributed by atoms with E-state index in [1.54, 1.807) is 19.1 Å². The lowest BCUT2D eigenvalue weighted by atomic mass is 10.0. The molecule has 0 aliphatic carbocycles. The summed E-state index contributed by atoms with van der Waals surface area (Å²) in [5, 5.41) is 0. The first-order valence-electron chi connectivity index (χ1n) is 8.42. The Morgan fingerprint density at radius 3 is 1.97 bits per heavy atom. The van der Waals surface area contributed by atoms with E-state index >= 15 is 0 Å². The highest BCUT2D eigenvalue weighted by Crippen LogP contribution is 2.31. The van der Waals surface area contributed by atoms with E-state index in [0.717, 1.165) is 12.1 Å². The van der Waals surface area contributed by atoms with Crippen LogP contribution in [0.15, 0.2) is 65.6 Å². The summed E-state index contributed by atoms with van der Waals surface area (Å²) in [6.45, 7) is 1.72. The van der Waals surface area contributed by atoms with Crippen LogP contribution in [0.25, 0.3) is 11.1 Å². The number of aromatic nitrogens is 1. The van der Waals surface area contributed by atoms with Gasteiger partial charge in [0.15, 0.2) is 11.6 Å². The number of sulfonamides is 1. The number of nitrogens with one attached hydrogen (secondary N) is 1. The van der Waals surface area contributed by atoms with Crippen molar-refractivity contribution in [1.82, 2.24) is 4.98 Å². The number of rotatable bonds is 5. The minimum atomic E-state index is -4.41. The number of hydrogen-bond donors (Lipinski definition) is 1. The normalized spacial score (nSPS) is 11.9. The van der Waals surface area contributed by atoms with Crippen molar-refractivity contribution in [3.05, 3.63) is 71.9 Å². The fourth-order valence-corrected chi connectivity index (χ4v) is 3.66. The van der Waals surface area contributed by atoms with Crippen molar-refractivity contribution in [2.24, 2.45) is 0 Å². The van der Waals surface area contributed by atoms with Crippen LogP contribution in [-0.2, 0) is 16.2 Å². The number of halogens is 3. The van der Waals surface area contributed by atoms with Crippen LogP contribution in [0.3, 0.4) is 0 Å². The number of anilines is 1. The van der Waals surface area contributed by atoms with E-state index in [1.165, 1.54) is 43.5 Å². The lowest BCUT2D eigenvalue weighted by Gasteiger charge is -2.12. The number of methoxy groups -OCH3 is 1. The number of alkyl halides is 3. The van der Waals surface area contributed by atoms with E-state index < -0.39 is 21.8 Å². The van der Waals surface area contributed by atoms with Gasteiger partial charge in [-0.15, -0.1) is 0 Å². The molecule has 3 aromatic rings. The zero-order chi connectivity index (χ0) is 21.2. The maximum absolute atomic E-state index is 12.7. The van der Waals surface area contributed by atoms with Gasteiger partial charge in [-0.3, -0.25) is 4.72 Å². The van der Waals surface area contributed by atoms with Gasteiger partial charge < -0.3 is 4.74 Å². The molecule has 1 heterocycles. The summed E-state index contributed by atoms with van der Waals surface area (Å²) >= 11 is 0. The molecule has 152 valence electrons. The molecule has 0 saturated carbocycles. The molecule has 0 atom stereocenters. The van der Waals surface area contributed by atoms with E-state index in [1.807, 2.05) is 0 Å². The van der Waals surface area contributed by atoms with Crippen molar-refractivity contribution in [3.8, 4) is 16.9 Å². The standard InChI is InChI=1S/C20H17F3N2O3S/c1-13-3-12-18(28-2)19(24-13)25-29(26,27)17-10-6-15(7-11-17)14-4-8-16(9-5-14)20(21,22)23/h3-12H,1-2H3,(H,24,25). The second kappa shape index (κ2) is 7.75. The maximum atomic E-state index is 12.7. The zero-order valence-corrected chi connectivity index (χ0v) is 16.3. The largest absolute Gasteiger partial charge is 0.493 e. The van der Waals surface area contributed by atoms with Crippen LogP contribution < -0.4 is 9.46 Å². The summed E-state index contributed by atoms with van der Waals surface area (Å²) in [4.78, 5) is 4.13. The van der Waals surface area contributed by atoms with Crippen molar-refractivity contribution in [1.29, 1.82) is 0 Å². The Bertz CT molecular complexity index is 1110. The maximum Gasteiger partial charge on any atom is 0.416 e. The highest BCUT2D eigenvalue weighted by atomic mass is 32.2. The molecule has 9 heteroatoms. The van der Waals surface area contributed by atoms with Gasteiger partial charge in [0, 0.05) is 5.69 Å². The molecule has 5 nitrogen and oxygen atoms in total. The van der Waals surface area contributed by atoms with Gasteiger partial charge in [-0.05, 0) is 54.4 Å². The minimum absolute atomic E-state index is 0.0153. The van der Waals surface area contributed by atoms with Gasteiger partial charge in [-0.25, -0.2) is 13.4 Å². The molecule has 0 aliphatic rings. The number of pyridine rings is 1. The number of nitrogens with zero attached hydrogens (tertiary/aromatic N) is 1. The Balaban J connectivity index is 1.85. The molecule has 0 spiro atoms. The van der Waals surface area contributed by atoms with Crippen molar-refractivity contribution < 1.29 is 26.3 Å². The van der Waals surface area contributed by atoms with Gasteiger partial charge in [-0.2, -0.15) is 13.2 Å². The molecule has 0 amide bonds. The van der Waals surface area contributed by atoms with Crippen molar-refractivity contribution in [3.63, 3.8) is 0 Å². The molecule has 0 fully saturated rings. The molecule has 0 saturated heterocycles. The van der Waals surface area contributed by atoms with Crippen LogP contribution in [-0.4, -0.2) is 20.5 Å². The van der Waals surface area contributed by atoms with Gasteiger partial charge in [0.25, 0.3) is 10.0 Å². The average molecular weight is 422 g/mol. The third kappa shape index (κ3) is 4.68. The van der Waals surface area contributed by atoms with Crippen molar-refractivity contribution in [2.45, 2.75) is 18.0 Å². The molecule has 0 unspecified atom stereocenters. The van der Waals surface area contributed by atoms with E-state index in [-0.39, 0.29) is 16.5 Å². The zero-order valence-electron chi connectivity index (χ0n) is 15.5. The van der Waals surface area contributed by atoms with Crippen LogP contribution in [0, 0.1) is 6.92 Å². The van der Waals surface area contributed by atoms with E-state index in [0.29, 0.717) is 16.8 Å². The average Bonchev–Trinajstić information content (AvgIpc) is 2.67. The molecule has 0 radical (unpaired) electrons. The minimum Gasteiger partial charge on any atom is -0.493 e. The van der Waals surface area contributed by atoms with Crippen LogP contribution in [0.1, 0.15) is 11.3 Å². The first-order valence-corrected chi connectivity index (χ1v) is 9.90.